The van der Waals surface area contributed by atoms with E-state index in [0.29, 0.717) is 0 Å². The van der Waals surface area contributed by atoms with Crippen LogP contribution in [-0.2, 0) is 0 Å². The Labute approximate surface area is 136 Å². The van der Waals surface area contributed by atoms with Gasteiger partial charge in [0, 0.05) is 11.1 Å². The Bertz CT molecular complexity index is 632. The Morgan fingerprint density at radius 1 is 1.13 bits per heavy atom. The zero-order valence-electron chi connectivity index (χ0n) is 13.5. The monoisotopic (exact) mass is 314 g/mol. The third-order valence-corrected chi connectivity index (χ3v) is 6.25. The van der Waals surface area contributed by atoms with E-state index < -0.39 is 11.7 Å². The van der Waals surface area contributed by atoms with Crippen LogP contribution in [0.25, 0.3) is 0 Å². The van der Waals surface area contributed by atoms with Crippen molar-refractivity contribution in [1.29, 1.82) is 0 Å². The van der Waals surface area contributed by atoms with Crippen LogP contribution >= 0.6 is 0 Å². The Kier molecular flexibility index (Phi) is 3.51. The van der Waals surface area contributed by atoms with Crippen molar-refractivity contribution in [2.75, 3.05) is 0 Å². The second kappa shape index (κ2) is 5.43. The number of benzene rings is 1. The lowest BCUT2D eigenvalue weighted by Gasteiger charge is -2.56. The van der Waals surface area contributed by atoms with Gasteiger partial charge in [-0.3, -0.25) is 4.79 Å². The summed E-state index contributed by atoms with van der Waals surface area (Å²) in [6.07, 6.45) is 7.79. The number of amides is 1. The van der Waals surface area contributed by atoms with Crippen LogP contribution in [0.3, 0.4) is 0 Å². The van der Waals surface area contributed by atoms with Gasteiger partial charge in [0.15, 0.2) is 0 Å². The number of hydrogen-bond acceptors (Lipinski definition) is 2. The highest BCUT2D eigenvalue weighted by Crippen LogP contribution is 2.60. The van der Waals surface area contributed by atoms with Gasteiger partial charge in [-0.25, -0.2) is 9.82 Å². The standard InChI is InChI=1S/C19H23FN2O/c1-12(21-22-18(23)16-4-2-3-5-17(16)20)19-9-13-6-14(10-19)8-15(7-13)11-19/h2-5,13-15H,6-11H2,1H3,(H,22,23)/b21-12-. The van der Waals surface area contributed by atoms with Gasteiger partial charge < -0.3 is 0 Å². The number of carbonyl (C=O) groups is 1. The molecule has 4 heteroatoms. The number of nitrogens with one attached hydrogen (secondary N) is 1. The molecule has 0 atom stereocenters. The van der Waals surface area contributed by atoms with E-state index in [1.807, 2.05) is 6.92 Å². The topological polar surface area (TPSA) is 41.5 Å². The second-order valence-corrected chi connectivity index (χ2v) is 7.82. The van der Waals surface area contributed by atoms with Crippen LogP contribution in [0.2, 0.25) is 0 Å². The number of halogens is 1. The van der Waals surface area contributed by atoms with Crippen molar-refractivity contribution in [3.63, 3.8) is 0 Å². The largest absolute Gasteiger partial charge is 0.274 e. The van der Waals surface area contributed by atoms with E-state index in [9.17, 15) is 9.18 Å². The molecule has 1 aromatic rings. The van der Waals surface area contributed by atoms with Gasteiger partial charge in [-0.2, -0.15) is 5.10 Å². The zero-order valence-corrected chi connectivity index (χ0v) is 13.5. The molecule has 0 unspecified atom stereocenters. The van der Waals surface area contributed by atoms with Crippen LogP contribution in [0.4, 0.5) is 4.39 Å². The van der Waals surface area contributed by atoms with Gasteiger partial charge >= 0.3 is 0 Å². The maximum absolute atomic E-state index is 13.7. The molecule has 4 fully saturated rings. The van der Waals surface area contributed by atoms with E-state index in [2.05, 4.69) is 10.5 Å². The highest BCUT2D eigenvalue weighted by molar-refractivity contribution is 5.96. The Hall–Kier alpha value is -1.71. The molecular weight excluding hydrogens is 291 g/mol. The zero-order chi connectivity index (χ0) is 16.0. The predicted octanol–water partition coefficient (Wildman–Crippen LogP) is 4.15. The molecule has 0 spiro atoms. The van der Waals surface area contributed by atoms with Gasteiger partial charge in [-0.1, -0.05) is 12.1 Å². The molecule has 3 nitrogen and oxygen atoms in total. The lowest BCUT2D eigenvalue weighted by molar-refractivity contribution is -0.0128. The molecule has 0 aliphatic heterocycles. The van der Waals surface area contributed by atoms with Crippen molar-refractivity contribution in [3.05, 3.63) is 35.6 Å². The number of hydrazone groups is 1. The van der Waals surface area contributed by atoms with Crippen LogP contribution in [0.1, 0.15) is 55.8 Å². The van der Waals surface area contributed by atoms with E-state index in [-0.39, 0.29) is 11.0 Å². The van der Waals surface area contributed by atoms with Gasteiger partial charge in [-0.05, 0) is 75.3 Å². The Morgan fingerprint density at radius 2 is 1.70 bits per heavy atom. The molecule has 122 valence electrons. The molecule has 0 aromatic heterocycles. The Balaban J connectivity index is 1.51. The fourth-order valence-electron chi connectivity index (χ4n) is 5.51. The normalized spacial score (nSPS) is 35.4. The highest BCUT2D eigenvalue weighted by Gasteiger charge is 2.52. The van der Waals surface area contributed by atoms with Crippen molar-refractivity contribution < 1.29 is 9.18 Å². The molecule has 1 amide bonds. The first-order valence-corrected chi connectivity index (χ1v) is 8.65. The first-order valence-electron chi connectivity index (χ1n) is 8.65. The number of carbonyl (C=O) groups excluding carboxylic acids is 1. The minimum Gasteiger partial charge on any atom is -0.267 e. The summed E-state index contributed by atoms with van der Waals surface area (Å²) < 4.78 is 13.7. The average Bonchev–Trinajstić information content (AvgIpc) is 2.51. The molecular formula is C19H23FN2O. The maximum Gasteiger partial charge on any atom is 0.274 e. The maximum atomic E-state index is 13.7. The first kappa shape index (κ1) is 14.9. The van der Waals surface area contributed by atoms with Gasteiger partial charge in [0.2, 0.25) is 0 Å². The Morgan fingerprint density at radius 3 is 2.26 bits per heavy atom. The molecule has 23 heavy (non-hydrogen) atoms. The first-order chi connectivity index (χ1) is 11.1. The van der Waals surface area contributed by atoms with E-state index in [0.717, 1.165) is 23.5 Å². The lowest BCUT2D eigenvalue weighted by Crippen LogP contribution is -2.49. The van der Waals surface area contributed by atoms with E-state index in [1.54, 1.807) is 12.1 Å². The van der Waals surface area contributed by atoms with Crippen molar-refractivity contribution in [2.45, 2.75) is 45.4 Å². The third-order valence-electron chi connectivity index (χ3n) is 6.25. The lowest BCUT2D eigenvalue weighted by atomic mass is 9.48. The third kappa shape index (κ3) is 2.58. The van der Waals surface area contributed by atoms with Crippen molar-refractivity contribution in [3.8, 4) is 0 Å². The number of rotatable bonds is 3. The van der Waals surface area contributed by atoms with Crippen molar-refractivity contribution in [1.82, 2.24) is 5.43 Å². The van der Waals surface area contributed by atoms with E-state index >= 15 is 0 Å². The molecule has 4 saturated carbocycles. The summed E-state index contributed by atoms with van der Waals surface area (Å²) in [5.74, 6) is 1.55. The van der Waals surface area contributed by atoms with Crippen LogP contribution in [0, 0.1) is 29.0 Å². The number of hydrogen-bond donors (Lipinski definition) is 1. The van der Waals surface area contributed by atoms with Crippen LogP contribution in [0.5, 0.6) is 0 Å². The van der Waals surface area contributed by atoms with Gasteiger partial charge in [0.05, 0.1) is 5.56 Å². The molecule has 0 saturated heterocycles. The fraction of sp³-hybridized carbons (Fsp3) is 0.579. The predicted molar refractivity (Wildman–Crippen MR) is 87.6 cm³/mol. The van der Waals surface area contributed by atoms with Crippen LogP contribution in [-0.4, -0.2) is 11.6 Å². The molecule has 0 radical (unpaired) electrons. The fourth-order valence-corrected chi connectivity index (χ4v) is 5.51. The van der Waals surface area contributed by atoms with Crippen molar-refractivity contribution in [2.24, 2.45) is 28.3 Å². The summed E-state index contributed by atoms with van der Waals surface area (Å²) in [4.78, 5) is 12.1. The molecule has 4 aliphatic rings. The molecule has 0 heterocycles. The summed E-state index contributed by atoms with van der Waals surface area (Å²) in [6.45, 7) is 2.04. The van der Waals surface area contributed by atoms with Gasteiger partial charge in [-0.15, -0.1) is 0 Å². The quantitative estimate of drug-likeness (QED) is 0.661. The average molecular weight is 314 g/mol. The highest BCUT2D eigenvalue weighted by atomic mass is 19.1. The smallest absolute Gasteiger partial charge is 0.267 e. The SMILES string of the molecule is C/C(=N/NC(=O)c1ccccc1F)C12CC3CC(CC(C3)C1)C2. The van der Waals surface area contributed by atoms with Gasteiger partial charge in [0.1, 0.15) is 5.82 Å². The number of nitrogens with zero attached hydrogens (tertiary/aromatic N) is 1. The summed E-state index contributed by atoms with van der Waals surface area (Å²) in [6, 6.07) is 6.02. The minimum atomic E-state index is -0.507. The summed E-state index contributed by atoms with van der Waals surface area (Å²) in [5.41, 5.74) is 3.83. The molecule has 4 aliphatic carbocycles. The summed E-state index contributed by atoms with van der Waals surface area (Å²) in [5, 5.41) is 4.38. The molecule has 5 rings (SSSR count). The summed E-state index contributed by atoms with van der Waals surface area (Å²) >= 11 is 0. The van der Waals surface area contributed by atoms with Gasteiger partial charge in [0.25, 0.3) is 5.91 Å². The molecule has 4 bridgehead atoms. The molecule has 1 aromatic carbocycles. The van der Waals surface area contributed by atoms with Crippen LogP contribution in [0.15, 0.2) is 29.4 Å². The van der Waals surface area contributed by atoms with Crippen molar-refractivity contribution >= 4 is 11.6 Å². The second-order valence-electron chi connectivity index (χ2n) is 7.82. The minimum absolute atomic E-state index is 0.0505. The summed E-state index contributed by atoms with van der Waals surface area (Å²) in [7, 11) is 0. The van der Waals surface area contributed by atoms with E-state index in [4.69, 9.17) is 0 Å². The molecule has 1 N–H and O–H groups in total. The van der Waals surface area contributed by atoms with Crippen LogP contribution < -0.4 is 5.43 Å². The van der Waals surface area contributed by atoms with E-state index in [1.165, 1.54) is 50.7 Å².